The molecular formula is C20H15FN2O4S. The van der Waals surface area contributed by atoms with E-state index >= 15 is 0 Å². The molecule has 0 bridgehead atoms. The number of furan rings is 1. The molecule has 28 heavy (non-hydrogen) atoms. The van der Waals surface area contributed by atoms with E-state index in [2.05, 4.69) is 10.1 Å². The Kier molecular flexibility index (Phi) is 4.79. The van der Waals surface area contributed by atoms with E-state index in [1.165, 1.54) is 24.3 Å². The third-order valence-electron chi connectivity index (χ3n) is 4.03. The molecular weight excluding hydrogens is 383 g/mol. The number of hydrogen-bond acceptors (Lipinski definition) is 6. The molecule has 0 unspecified atom stereocenters. The average Bonchev–Trinajstić information content (AvgIpc) is 3.33. The standard InChI is InChI=1S/C20H15FN2O4S/c21-17-9-5-4-8-15(17)12-28(24,25)13-16-10-11-18(26-16)20-22-19(23-27-20)14-6-2-1-3-7-14/h1-11H,12-13H2. The van der Waals surface area contributed by atoms with Crippen LogP contribution in [0.4, 0.5) is 4.39 Å². The molecule has 2 aromatic carbocycles. The number of rotatable bonds is 6. The summed E-state index contributed by atoms with van der Waals surface area (Å²) in [5.41, 5.74) is 0.912. The van der Waals surface area contributed by atoms with Gasteiger partial charge >= 0.3 is 0 Å². The van der Waals surface area contributed by atoms with Crippen molar-refractivity contribution >= 4 is 9.84 Å². The quantitative estimate of drug-likeness (QED) is 0.483. The molecule has 2 aromatic heterocycles. The first-order chi connectivity index (χ1) is 13.5. The number of benzene rings is 2. The minimum Gasteiger partial charge on any atom is -0.455 e. The molecule has 0 aliphatic rings. The zero-order valence-corrected chi connectivity index (χ0v) is 15.4. The zero-order valence-electron chi connectivity index (χ0n) is 14.6. The molecule has 0 atom stereocenters. The minimum absolute atomic E-state index is 0.124. The van der Waals surface area contributed by atoms with Gasteiger partial charge in [0.05, 0.1) is 5.75 Å². The fourth-order valence-corrected chi connectivity index (χ4v) is 4.12. The van der Waals surface area contributed by atoms with Gasteiger partial charge in [-0.2, -0.15) is 4.98 Å². The lowest BCUT2D eigenvalue weighted by molar-refractivity contribution is 0.413. The first kappa shape index (κ1) is 18.1. The summed E-state index contributed by atoms with van der Waals surface area (Å²) in [5.74, 6) is -0.283. The Morgan fingerprint density at radius 2 is 1.64 bits per heavy atom. The van der Waals surface area contributed by atoms with Gasteiger partial charge < -0.3 is 8.94 Å². The summed E-state index contributed by atoms with van der Waals surface area (Å²) < 4.78 is 49.2. The van der Waals surface area contributed by atoms with Crippen molar-refractivity contribution in [3.63, 3.8) is 0 Å². The lowest BCUT2D eigenvalue weighted by Crippen LogP contribution is -2.08. The van der Waals surface area contributed by atoms with Crippen molar-refractivity contribution in [3.05, 3.63) is 83.9 Å². The summed E-state index contributed by atoms with van der Waals surface area (Å²) >= 11 is 0. The van der Waals surface area contributed by atoms with Crippen molar-refractivity contribution in [2.75, 3.05) is 0 Å². The van der Waals surface area contributed by atoms with Gasteiger partial charge in [0.1, 0.15) is 17.3 Å². The Morgan fingerprint density at radius 3 is 2.43 bits per heavy atom. The van der Waals surface area contributed by atoms with E-state index in [0.29, 0.717) is 5.82 Å². The number of sulfone groups is 1. The Morgan fingerprint density at radius 1 is 0.893 bits per heavy atom. The van der Waals surface area contributed by atoms with Crippen LogP contribution in [-0.2, 0) is 21.3 Å². The van der Waals surface area contributed by atoms with Crippen molar-refractivity contribution in [2.45, 2.75) is 11.5 Å². The average molecular weight is 398 g/mol. The molecule has 0 amide bonds. The Labute approximate surface area is 160 Å². The summed E-state index contributed by atoms with van der Waals surface area (Å²) in [6.45, 7) is 0. The van der Waals surface area contributed by atoms with E-state index in [-0.39, 0.29) is 28.7 Å². The first-order valence-corrected chi connectivity index (χ1v) is 10.2. The summed E-state index contributed by atoms with van der Waals surface area (Å²) in [7, 11) is -3.62. The number of nitrogens with zero attached hydrogens (tertiary/aromatic N) is 2. The number of hydrogen-bond donors (Lipinski definition) is 0. The Balaban J connectivity index is 1.50. The highest BCUT2D eigenvalue weighted by atomic mass is 32.2. The van der Waals surface area contributed by atoms with Gasteiger partial charge in [0.15, 0.2) is 15.6 Å². The van der Waals surface area contributed by atoms with Gasteiger partial charge in [-0.05, 0) is 18.2 Å². The van der Waals surface area contributed by atoms with E-state index in [1.807, 2.05) is 30.3 Å². The van der Waals surface area contributed by atoms with Gasteiger partial charge in [0.25, 0.3) is 5.89 Å². The highest BCUT2D eigenvalue weighted by Crippen LogP contribution is 2.25. The Bertz CT molecular complexity index is 1200. The monoisotopic (exact) mass is 398 g/mol. The van der Waals surface area contributed by atoms with Gasteiger partial charge in [0, 0.05) is 11.1 Å². The third-order valence-corrected chi connectivity index (χ3v) is 5.50. The van der Waals surface area contributed by atoms with Crippen molar-refractivity contribution in [1.29, 1.82) is 0 Å². The van der Waals surface area contributed by atoms with Gasteiger partial charge in [0.2, 0.25) is 5.82 Å². The van der Waals surface area contributed by atoms with Crippen molar-refractivity contribution < 1.29 is 21.7 Å². The minimum atomic E-state index is -3.62. The first-order valence-electron chi connectivity index (χ1n) is 8.42. The second-order valence-corrected chi connectivity index (χ2v) is 8.24. The molecule has 6 nitrogen and oxygen atoms in total. The van der Waals surface area contributed by atoms with Crippen molar-refractivity contribution in [2.24, 2.45) is 0 Å². The predicted octanol–water partition coefficient (Wildman–Crippen LogP) is 4.25. The van der Waals surface area contributed by atoms with E-state index in [4.69, 9.17) is 8.94 Å². The van der Waals surface area contributed by atoms with Crippen LogP contribution in [0.15, 0.2) is 75.7 Å². The molecule has 0 spiro atoms. The molecule has 8 heteroatoms. The number of aromatic nitrogens is 2. The van der Waals surface area contributed by atoms with E-state index < -0.39 is 21.4 Å². The van der Waals surface area contributed by atoms with Gasteiger partial charge in [-0.3, -0.25) is 0 Å². The van der Waals surface area contributed by atoms with Crippen LogP contribution in [0.1, 0.15) is 11.3 Å². The largest absolute Gasteiger partial charge is 0.455 e. The molecule has 142 valence electrons. The van der Waals surface area contributed by atoms with Crippen molar-refractivity contribution in [1.82, 2.24) is 10.1 Å². The van der Waals surface area contributed by atoms with Crippen molar-refractivity contribution in [3.8, 4) is 23.0 Å². The van der Waals surface area contributed by atoms with E-state index in [9.17, 15) is 12.8 Å². The van der Waals surface area contributed by atoms with Gasteiger partial charge in [-0.25, -0.2) is 12.8 Å². The fourth-order valence-electron chi connectivity index (χ4n) is 2.72. The maximum absolute atomic E-state index is 13.7. The smallest absolute Gasteiger partial charge is 0.293 e. The second kappa shape index (κ2) is 7.40. The molecule has 0 aliphatic carbocycles. The summed E-state index contributed by atoms with van der Waals surface area (Å²) in [5, 5.41) is 3.91. The predicted molar refractivity (Wildman–Crippen MR) is 100 cm³/mol. The van der Waals surface area contributed by atoms with Gasteiger partial charge in [-0.15, -0.1) is 0 Å². The molecule has 4 aromatic rings. The fraction of sp³-hybridized carbons (Fsp3) is 0.100. The summed E-state index contributed by atoms with van der Waals surface area (Å²) in [4.78, 5) is 4.27. The molecule has 4 rings (SSSR count). The van der Waals surface area contributed by atoms with Crippen LogP contribution < -0.4 is 0 Å². The van der Waals surface area contributed by atoms with Crippen LogP contribution in [0, 0.1) is 5.82 Å². The Hall–Kier alpha value is -3.26. The second-order valence-electron chi connectivity index (χ2n) is 6.18. The molecule has 0 aliphatic heterocycles. The van der Waals surface area contributed by atoms with Crippen LogP contribution in [0.25, 0.3) is 23.0 Å². The molecule has 0 saturated carbocycles. The molecule has 0 saturated heterocycles. The lowest BCUT2D eigenvalue weighted by Gasteiger charge is -2.04. The van der Waals surface area contributed by atoms with Crippen LogP contribution in [0.5, 0.6) is 0 Å². The van der Waals surface area contributed by atoms with Crippen LogP contribution in [-0.4, -0.2) is 18.6 Å². The van der Waals surface area contributed by atoms with Crippen LogP contribution >= 0.6 is 0 Å². The van der Waals surface area contributed by atoms with E-state index in [0.717, 1.165) is 5.56 Å². The van der Waals surface area contributed by atoms with Crippen LogP contribution in [0.2, 0.25) is 0 Å². The molecule has 0 radical (unpaired) electrons. The lowest BCUT2D eigenvalue weighted by atomic mass is 10.2. The third kappa shape index (κ3) is 4.01. The van der Waals surface area contributed by atoms with Gasteiger partial charge in [-0.1, -0.05) is 53.7 Å². The topological polar surface area (TPSA) is 86.2 Å². The molecule has 0 fully saturated rings. The zero-order chi connectivity index (χ0) is 19.6. The summed E-state index contributed by atoms with van der Waals surface area (Å²) in [6, 6.07) is 18.2. The highest BCUT2D eigenvalue weighted by Gasteiger charge is 2.20. The molecule has 2 heterocycles. The van der Waals surface area contributed by atoms with Crippen LogP contribution in [0.3, 0.4) is 0 Å². The normalized spacial score (nSPS) is 11.6. The highest BCUT2D eigenvalue weighted by molar-refractivity contribution is 7.89. The summed E-state index contributed by atoms with van der Waals surface area (Å²) in [6.07, 6.45) is 0. The molecule has 0 N–H and O–H groups in total. The number of halogens is 1. The SMILES string of the molecule is O=S(=O)(Cc1ccc(-c2nc(-c3ccccc3)no2)o1)Cc1ccccc1F. The maximum atomic E-state index is 13.7. The maximum Gasteiger partial charge on any atom is 0.293 e. The van der Waals surface area contributed by atoms with E-state index in [1.54, 1.807) is 12.1 Å².